The monoisotopic (exact) mass is 242 g/mol. The molecule has 4 heteroatoms. The predicted molar refractivity (Wildman–Crippen MR) is 67.8 cm³/mol. The third-order valence-corrected chi connectivity index (χ3v) is 2.99. The Morgan fingerprint density at radius 3 is 2.72 bits per heavy atom. The van der Waals surface area contributed by atoms with Crippen LogP contribution in [-0.2, 0) is 7.05 Å². The molecule has 2 aromatic carbocycles. The SMILES string of the molecule is Cn1c(-c2cc(F)ccc2O)nc2ccccc21. The van der Waals surface area contributed by atoms with Gasteiger partial charge in [0.2, 0.25) is 0 Å². The molecule has 0 spiro atoms. The van der Waals surface area contributed by atoms with Crippen molar-refractivity contribution in [2.24, 2.45) is 7.05 Å². The van der Waals surface area contributed by atoms with Crippen molar-refractivity contribution in [3.8, 4) is 17.1 Å². The minimum atomic E-state index is -0.394. The minimum Gasteiger partial charge on any atom is -0.507 e. The van der Waals surface area contributed by atoms with Gasteiger partial charge in [0, 0.05) is 7.05 Å². The summed E-state index contributed by atoms with van der Waals surface area (Å²) in [6.07, 6.45) is 0. The van der Waals surface area contributed by atoms with Crippen LogP contribution < -0.4 is 0 Å². The second-order valence-corrected chi connectivity index (χ2v) is 4.14. The van der Waals surface area contributed by atoms with Crippen LogP contribution in [0.1, 0.15) is 0 Å². The first-order valence-electron chi connectivity index (χ1n) is 5.57. The first-order chi connectivity index (χ1) is 8.66. The molecule has 0 saturated heterocycles. The first-order valence-corrected chi connectivity index (χ1v) is 5.57. The van der Waals surface area contributed by atoms with Crippen molar-refractivity contribution in [1.29, 1.82) is 0 Å². The van der Waals surface area contributed by atoms with Crippen LogP contribution in [0.3, 0.4) is 0 Å². The van der Waals surface area contributed by atoms with Crippen molar-refractivity contribution in [3.63, 3.8) is 0 Å². The Morgan fingerprint density at radius 1 is 1.17 bits per heavy atom. The van der Waals surface area contributed by atoms with Crippen molar-refractivity contribution < 1.29 is 9.50 Å². The van der Waals surface area contributed by atoms with Gasteiger partial charge >= 0.3 is 0 Å². The van der Waals surface area contributed by atoms with Gasteiger partial charge in [-0.05, 0) is 30.3 Å². The molecule has 18 heavy (non-hydrogen) atoms. The molecule has 0 radical (unpaired) electrons. The van der Waals surface area contributed by atoms with Gasteiger partial charge in [-0.3, -0.25) is 0 Å². The number of hydrogen-bond acceptors (Lipinski definition) is 2. The molecule has 0 aliphatic carbocycles. The fourth-order valence-electron chi connectivity index (χ4n) is 2.07. The van der Waals surface area contributed by atoms with E-state index in [0.717, 1.165) is 11.0 Å². The molecule has 0 bridgehead atoms. The second-order valence-electron chi connectivity index (χ2n) is 4.14. The molecule has 3 nitrogen and oxygen atoms in total. The zero-order valence-corrected chi connectivity index (χ0v) is 9.76. The summed E-state index contributed by atoms with van der Waals surface area (Å²) in [6.45, 7) is 0. The van der Waals surface area contributed by atoms with Crippen LogP contribution in [0.15, 0.2) is 42.5 Å². The Hall–Kier alpha value is -2.36. The van der Waals surface area contributed by atoms with E-state index in [1.807, 2.05) is 35.9 Å². The fourth-order valence-corrected chi connectivity index (χ4v) is 2.07. The topological polar surface area (TPSA) is 38.0 Å². The Labute approximate surface area is 103 Å². The lowest BCUT2D eigenvalue weighted by Crippen LogP contribution is -1.93. The second kappa shape index (κ2) is 3.84. The highest BCUT2D eigenvalue weighted by molar-refractivity contribution is 5.81. The maximum absolute atomic E-state index is 13.3. The van der Waals surface area contributed by atoms with Crippen LogP contribution in [-0.4, -0.2) is 14.7 Å². The van der Waals surface area contributed by atoms with Crippen molar-refractivity contribution in [1.82, 2.24) is 9.55 Å². The maximum atomic E-state index is 13.3. The molecule has 0 aliphatic rings. The third-order valence-electron chi connectivity index (χ3n) is 2.99. The van der Waals surface area contributed by atoms with Crippen molar-refractivity contribution >= 4 is 11.0 Å². The maximum Gasteiger partial charge on any atom is 0.144 e. The van der Waals surface area contributed by atoms with E-state index in [4.69, 9.17) is 0 Å². The molecule has 3 aromatic rings. The van der Waals surface area contributed by atoms with Crippen LogP contribution in [0.2, 0.25) is 0 Å². The average molecular weight is 242 g/mol. The van der Waals surface area contributed by atoms with Crippen LogP contribution >= 0.6 is 0 Å². The Morgan fingerprint density at radius 2 is 1.94 bits per heavy atom. The highest BCUT2D eigenvalue weighted by Crippen LogP contribution is 2.30. The zero-order chi connectivity index (χ0) is 12.7. The molecule has 0 saturated carbocycles. The zero-order valence-electron chi connectivity index (χ0n) is 9.76. The summed E-state index contributed by atoms with van der Waals surface area (Å²) in [5.41, 5.74) is 2.16. The lowest BCUT2D eigenvalue weighted by Gasteiger charge is -2.05. The normalized spacial score (nSPS) is 11.0. The summed E-state index contributed by atoms with van der Waals surface area (Å²) >= 11 is 0. The Kier molecular flexibility index (Phi) is 2.30. The standard InChI is InChI=1S/C14H11FN2O/c1-17-12-5-3-2-4-11(12)16-14(17)10-8-9(15)6-7-13(10)18/h2-8,18H,1H3. The van der Waals surface area contributed by atoms with E-state index in [9.17, 15) is 9.50 Å². The van der Waals surface area contributed by atoms with Gasteiger partial charge in [-0.1, -0.05) is 12.1 Å². The van der Waals surface area contributed by atoms with Crippen LogP contribution in [0.5, 0.6) is 5.75 Å². The summed E-state index contributed by atoms with van der Waals surface area (Å²) in [5.74, 6) is 0.179. The Bertz CT molecular complexity index is 734. The van der Waals surface area contributed by atoms with Gasteiger partial charge in [-0.2, -0.15) is 0 Å². The molecule has 0 aliphatic heterocycles. The van der Waals surface area contributed by atoms with Gasteiger partial charge in [0.05, 0.1) is 16.6 Å². The number of aryl methyl sites for hydroxylation is 1. The van der Waals surface area contributed by atoms with Crippen molar-refractivity contribution in [2.45, 2.75) is 0 Å². The number of para-hydroxylation sites is 2. The molecule has 0 fully saturated rings. The van der Waals surface area contributed by atoms with Gasteiger partial charge < -0.3 is 9.67 Å². The molecule has 0 amide bonds. The van der Waals surface area contributed by atoms with Crippen molar-refractivity contribution in [2.75, 3.05) is 0 Å². The highest BCUT2D eigenvalue weighted by Gasteiger charge is 2.13. The minimum absolute atomic E-state index is 0.0230. The van der Waals surface area contributed by atoms with E-state index in [2.05, 4.69) is 4.98 Å². The van der Waals surface area contributed by atoms with Crippen LogP contribution in [0.4, 0.5) is 4.39 Å². The highest BCUT2D eigenvalue weighted by atomic mass is 19.1. The number of aromatic nitrogens is 2. The lowest BCUT2D eigenvalue weighted by molar-refractivity contribution is 0.474. The van der Waals surface area contributed by atoms with E-state index < -0.39 is 5.82 Å². The Balaban J connectivity index is 2.31. The van der Waals surface area contributed by atoms with Gasteiger partial charge in [0.1, 0.15) is 17.4 Å². The number of nitrogens with zero attached hydrogens (tertiary/aromatic N) is 2. The summed E-state index contributed by atoms with van der Waals surface area (Å²) in [6, 6.07) is 11.5. The number of aromatic hydroxyl groups is 1. The number of phenols is 1. The van der Waals surface area contributed by atoms with Gasteiger partial charge in [0.15, 0.2) is 0 Å². The van der Waals surface area contributed by atoms with Gasteiger partial charge in [-0.15, -0.1) is 0 Å². The summed E-state index contributed by atoms with van der Waals surface area (Å²) < 4.78 is 15.1. The number of halogens is 1. The van der Waals surface area contributed by atoms with E-state index in [-0.39, 0.29) is 5.75 Å². The van der Waals surface area contributed by atoms with Crippen LogP contribution in [0, 0.1) is 5.82 Å². The number of phenolic OH excluding ortho intramolecular Hbond substituents is 1. The quantitative estimate of drug-likeness (QED) is 0.712. The number of hydrogen-bond donors (Lipinski definition) is 1. The van der Waals surface area contributed by atoms with Gasteiger partial charge in [0.25, 0.3) is 0 Å². The largest absolute Gasteiger partial charge is 0.507 e. The number of imidazole rings is 1. The summed E-state index contributed by atoms with van der Waals surface area (Å²) in [5, 5.41) is 9.82. The molecule has 0 unspecified atom stereocenters. The molecule has 0 atom stereocenters. The van der Waals surface area contributed by atoms with Crippen molar-refractivity contribution in [3.05, 3.63) is 48.3 Å². The molecule has 90 valence electrons. The smallest absolute Gasteiger partial charge is 0.144 e. The molecular formula is C14H11FN2O. The molecule has 3 rings (SSSR count). The number of fused-ring (bicyclic) bond motifs is 1. The van der Waals surface area contributed by atoms with E-state index >= 15 is 0 Å². The molecule has 1 aromatic heterocycles. The molecule has 1 N–H and O–H groups in total. The predicted octanol–water partition coefficient (Wildman–Crippen LogP) is 3.09. The fraction of sp³-hybridized carbons (Fsp3) is 0.0714. The summed E-state index contributed by atoms with van der Waals surface area (Å²) in [4.78, 5) is 4.42. The van der Waals surface area contributed by atoms with E-state index in [0.29, 0.717) is 11.4 Å². The lowest BCUT2D eigenvalue weighted by atomic mass is 10.2. The number of benzene rings is 2. The average Bonchev–Trinajstić information content (AvgIpc) is 2.71. The van der Waals surface area contributed by atoms with Crippen LogP contribution in [0.25, 0.3) is 22.4 Å². The molecule has 1 heterocycles. The van der Waals surface area contributed by atoms with E-state index in [1.165, 1.54) is 18.2 Å². The third kappa shape index (κ3) is 1.54. The first kappa shape index (κ1) is 10.8. The van der Waals surface area contributed by atoms with E-state index in [1.54, 1.807) is 0 Å². The summed E-state index contributed by atoms with van der Waals surface area (Å²) in [7, 11) is 1.84. The number of rotatable bonds is 1. The molecular weight excluding hydrogens is 231 g/mol. The van der Waals surface area contributed by atoms with Gasteiger partial charge in [-0.25, -0.2) is 9.37 Å².